The maximum Gasteiger partial charge on any atom is 0.256 e. The average molecular weight is 221 g/mol. The van der Waals surface area contributed by atoms with E-state index in [4.69, 9.17) is 0 Å². The van der Waals surface area contributed by atoms with E-state index in [1.807, 2.05) is 18.2 Å². The van der Waals surface area contributed by atoms with Crippen LogP contribution in [0.5, 0.6) is 0 Å². The van der Waals surface area contributed by atoms with E-state index in [0.29, 0.717) is 5.69 Å². The highest BCUT2D eigenvalue weighted by Gasteiger charge is 2.47. The van der Waals surface area contributed by atoms with Gasteiger partial charge in [-0.25, -0.2) is 0 Å². The number of aliphatic hydroxyl groups is 2. The van der Waals surface area contributed by atoms with Crippen LogP contribution in [0.25, 0.3) is 0 Å². The van der Waals surface area contributed by atoms with Crippen molar-refractivity contribution in [1.29, 1.82) is 0 Å². The minimum atomic E-state index is -1.02. The number of carbonyl (C=O) groups excluding carboxylic acids is 1. The lowest BCUT2D eigenvalue weighted by atomic mass is 9.99. The van der Waals surface area contributed by atoms with Crippen LogP contribution < -0.4 is 4.90 Å². The van der Waals surface area contributed by atoms with Crippen molar-refractivity contribution < 1.29 is 15.0 Å². The summed E-state index contributed by atoms with van der Waals surface area (Å²) in [5.41, 5.74) is -0.00157. The van der Waals surface area contributed by atoms with Gasteiger partial charge < -0.3 is 15.1 Å². The number of para-hydroxylation sites is 1. The molecule has 1 aliphatic rings. The SMILES string of the molecule is CC1(CO)CC(O)C(=O)N1c1ccccc1. The number of nitrogens with zero attached hydrogens (tertiary/aromatic N) is 1. The molecule has 1 heterocycles. The molecular formula is C12H15NO3. The van der Waals surface area contributed by atoms with Gasteiger partial charge in [0.2, 0.25) is 0 Å². The molecule has 1 saturated heterocycles. The summed E-state index contributed by atoms with van der Waals surface area (Å²) in [7, 11) is 0. The minimum Gasteiger partial charge on any atom is -0.394 e. The Kier molecular flexibility index (Phi) is 2.69. The molecule has 4 nitrogen and oxygen atoms in total. The van der Waals surface area contributed by atoms with Crippen LogP contribution in [-0.2, 0) is 4.79 Å². The van der Waals surface area contributed by atoms with E-state index in [1.165, 1.54) is 4.90 Å². The van der Waals surface area contributed by atoms with Crippen LogP contribution in [0.2, 0.25) is 0 Å². The van der Waals surface area contributed by atoms with Gasteiger partial charge in [-0.15, -0.1) is 0 Å². The van der Waals surface area contributed by atoms with E-state index in [0.717, 1.165) is 0 Å². The van der Waals surface area contributed by atoms with Crippen molar-refractivity contribution in [2.45, 2.75) is 25.0 Å². The van der Waals surface area contributed by atoms with Gasteiger partial charge in [0.1, 0.15) is 6.10 Å². The summed E-state index contributed by atoms with van der Waals surface area (Å²) in [6.07, 6.45) is -0.755. The number of aliphatic hydroxyl groups excluding tert-OH is 2. The van der Waals surface area contributed by atoms with Crippen molar-refractivity contribution in [3.63, 3.8) is 0 Å². The Morgan fingerprint density at radius 2 is 2.06 bits per heavy atom. The third kappa shape index (κ3) is 1.60. The molecule has 0 spiro atoms. The molecule has 1 aliphatic heterocycles. The predicted molar refractivity (Wildman–Crippen MR) is 60.0 cm³/mol. The Hall–Kier alpha value is -1.39. The zero-order valence-corrected chi connectivity index (χ0v) is 9.13. The molecule has 4 heteroatoms. The quantitative estimate of drug-likeness (QED) is 0.766. The highest BCUT2D eigenvalue weighted by molar-refractivity contribution is 6.00. The molecule has 1 aromatic carbocycles. The lowest BCUT2D eigenvalue weighted by Gasteiger charge is -2.33. The molecular weight excluding hydrogens is 206 g/mol. The number of benzene rings is 1. The Labute approximate surface area is 94.1 Å². The smallest absolute Gasteiger partial charge is 0.256 e. The number of rotatable bonds is 2. The first kappa shape index (κ1) is 11.1. The highest BCUT2D eigenvalue weighted by Crippen LogP contribution is 2.34. The summed E-state index contributed by atoms with van der Waals surface area (Å²) in [5, 5.41) is 19.0. The number of amides is 1. The third-order valence-electron chi connectivity index (χ3n) is 3.03. The van der Waals surface area contributed by atoms with Gasteiger partial charge in [-0.1, -0.05) is 18.2 Å². The third-order valence-corrected chi connectivity index (χ3v) is 3.03. The molecule has 1 fully saturated rings. The Morgan fingerprint density at radius 3 is 2.62 bits per heavy atom. The molecule has 2 rings (SSSR count). The summed E-state index contributed by atoms with van der Waals surface area (Å²) in [6, 6.07) is 9.10. The van der Waals surface area contributed by atoms with Gasteiger partial charge in [-0.2, -0.15) is 0 Å². The van der Waals surface area contributed by atoms with Gasteiger partial charge in [0.15, 0.2) is 0 Å². The Balaban J connectivity index is 2.41. The van der Waals surface area contributed by atoms with Crippen molar-refractivity contribution in [3.8, 4) is 0 Å². The van der Waals surface area contributed by atoms with Crippen LogP contribution in [0, 0.1) is 0 Å². The molecule has 0 bridgehead atoms. The van der Waals surface area contributed by atoms with Crippen LogP contribution in [0.15, 0.2) is 30.3 Å². The normalized spacial score (nSPS) is 29.8. The molecule has 1 amide bonds. The van der Waals surface area contributed by atoms with Crippen molar-refractivity contribution >= 4 is 11.6 Å². The number of anilines is 1. The summed E-state index contributed by atoms with van der Waals surface area (Å²) in [6.45, 7) is 1.61. The van der Waals surface area contributed by atoms with Gasteiger partial charge in [0.05, 0.1) is 12.1 Å². The van der Waals surface area contributed by atoms with Gasteiger partial charge in [0, 0.05) is 12.1 Å². The second-order valence-corrected chi connectivity index (χ2v) is 4.38. The molecule has 1 aromatic rings. The summed E-state index contributed by atoms with van der Waals surface area (Å²) in [5.74, 6) is -0.345. The van der Waals surface area contributed by atoms with Gasteiger partial charge in [-0.3, -0.25) is 4.79 Å². The molecule has 16 heavy (non-hydrogen) atoms. The molecule has 2 N–H and O–H groups in total. The first-order valence-electron chi connectivity index (χ1n) is 5.26. The van der Waals surface area contributed by atoms with Crippen molar-refractivity contribution in [1.82, 2.24) is 0 Å². The summed E-state index contributed by atoms with van der Waals surface area (Å²) < 4.78 is 0. The first-order chi connectivity index (χ1) is 7.58. The van der Waals surface area contributed by atoms with Crippen LogP contribution in [0.4, 0.5) is 5.69 Å². The fraction of sp³-hybridized carbons (Fsp3) is 0.417. The number of carbonyl (C=O) groups is 1. The van der Waals surface area contributed by atoms with Crippen LogP contribution in [0.3, 0.4) is 0 Å². The lowest BCUT2D eigenvalue weighted by molar-refractivity contribution is -0.124. The molecule has 2 unspecified atom stereocenters. The average Bonchev–Trinajstić information content (AvgIpc) is 2.52. The minimum absolute atomic E-state index is 0.162. The molecule has 86 valence electrons. The topological polar surface area (TPSA) is 60.8 Å². The van der Waals surface area contributed by atoms with Gasteiger partial charge >= 0.3 is 0 Å². The largest absolute Gasteiger partial charge is 0.394 e. The van der Waals surface area contributed by atoms with Crippen molar-refractivity contribution in [2.75, 3.05) is 11.5 Å². The van der Waals surface area contributed by atoms with E-state index in [2.05, 4.69) is 0 Å². The molecule has 0 saturated carbocycles. The van der Waals surface area contributed by atoms with Crippen LogP contribution in [0.1, 0.15) is 13.3 Å². The second-order valence-electron chi connectivity index (χ2n) is 4.38. The van der Waals surface area contributed by atoms with Crippen LogP contribution >= 0.6 is 0 Å². The molecule has 2 atom stereocenters. The van der Waals surface area contributed by atoms with Crippen molar-refractivity contribution in [3.05, 3.63) is 30.3 Å². The van der Waals surface area contributed by atoms with E-state index < -0.39 is 11.6 Å². The molecule has 0 aromatic heterocycles. The number of hydrogen-bond acceptors (Lipinski definition) is 3. The monoisotopic (exact) mass is 221 g/mol. The van der Waals surface area contributed by atoms with E-state index in [1.54, 1.807) is 19.1 Å². The fourth-order valence-corrected chi connectivity index (χ4v) is 2.16. The first-order valence-corrected chi connectivity index (χ1v) is 5.26. The lowest BCUT2D eigenvalue weighted by Crippen LogP contribution is -2.46. The van der Waals surface area contributed by atoms with E-state index >= 15 is 0 Å². The maximum atomic E-state index is 11.8. The van der Waals surface area contributed by atoms with Gasteiger partial charge in [-0.05, 0) is 19.1 Å². The molecule has 0 aliphatic carbocycles. The van der Waals surface area contributed by atoms with E-state index in [-0.39, 0.29) is 18.9 Å². The fourth-order valence-electron chi connectivity index (χ4n) is 2.16. The predicted octanol–water partition coefficient (Wildman–Crippen LogP) is 0.535. The summed E-state index contributed by atoms with van der Waals surface area (Å²) in [4.78, 5) is 13.3. The van der Waals surface area contributed by atoms with Crippen LogP contribution in [-0.4, -0.2) is 34.4 Å². The zero-order valence-electron chi connectivity index (χ0n) is 9.13. The maximum absolute atomic E-state index is 11.8. The standard InChI is InChI=1S/C12H15NO3/c1-12(8-14)7-10(15)11(16)13(12)9-5-3-2-4-6-9/h2-6,10,14-15H,7-8H2,1H3. The molecule has 0 radical (unpaired) electrons. The number of hydrogen-bond donors (Lipinski definition) is 2. The Bertz CT molecular complexity index is 393. The van der Waals surface area contributed by atoms with Gasteiger partial charge in [0.25, 0.3) is 5.91 Å². The second kappa shape index (κ2) is 3.88. The van der Waals surface area contributed by atoms with E-state index in [9.17, 15) is 15.0 Å². The zero-order chi connectivity index (χ0) is 11.8. The highest BCUT2D eigenvalue weighted by atomic mass is 16.3. The Morgan fingerprint density at radius 1 is 1.44 bits per heavy atom. The van der Waals surface area contributed by atoms with Crippen molar-refractivity contribution in [2.24, 2.45) is 0 Å². The summed E-state index contributed by atoms with van der Waals surface area (Å²) >= 11 is 0.